The molecular weight excluding hydrogens is 282 g/mol. The highest BCUT2D eigenvalue weighted by Gasteiger charge is 2.21. The van der Waals surface area contributed by atoms with Crippen molar-refractivity contribution >= 4 is 23.2 Å². The number of hydrogen-bond acceptors (Lipinski definition) is 1. The smallest absolute Gasteiger partial charge is 0.228 e. The summed E-state index contributed by atoms with van der Waals surface area (Å²) in [5, 5.41) is 2.66. The lowest BCUT2D eigenvalue weighted by Gasteiger charge is -2.18. The number of halogens is 1. The lowest BCUT2D eigenvalue weighted by Crippen LogP contribution is -2.03. The third-order valence-corrected chi connectivity index (χ3v) is 4.51. The number of amides is 1. The standard InChI is InChI=1S/C18H18ClNO/c1-10-6-11(2)17(12(3)7-10)18(19)13-4-5-15-14(8-13)9-16(21)20-15/h4-8,18H,9H2,1-3H3,(H,20,21). The number of hydrogen-bond donors (Lipinski definition) is 1. The van der Waals surface area contributed by atoms with Gasteiger partial charge < -0.3 is 5.32 Å². The van der Waals surface area contributed by atoms with Crippen molar-refractivity contribution in [3.05, 3.63) is 63.7 Å². The van der Waals surface area contributed by atoms with E-state index in [0.29, 0.717) is 6.42 Å². The first-order valence-corrected chi connectivity index (χ1v) is 7.54. The van der Waals surface area contributed by atoms with Crippen molar-refractivity contribution in [1.29, 1.82) is 0 Å². The van der Waals surface area contributed by atoms with Gasteiger partial charge in [-0.2, -0.15) is 0 Å². The van der Waals surface area contributed by atoms with Crippen LogP contribution in [0.1, 0.15) is 38.8 Å². The van der Waals surface area contributed by atoms with Gasteiger partial charge in [-0.15, -0.1) is 11.6 Å². The van der Waals surface area contributed by atoms with Gasteiger partial charge in [0.15, 0.2) is 0 Å². The molecule has 0 aromatic heterocycles. The van der Waals surface area contributed by atoms with Gasteiger partial charge in [0.25, 0.3) is 0 Å². The van der Waals surface area contributed by atoms with Crippen molar-refractivity contribution in [2.45, 2.75) is 32.6 Å². The van der Waals surface area contributed by atoms with Gasteiger partial charge in [-0.1, -0.05) is 29.8 Å². The van der Waals surface area contributed by atoms with E-state index in [1.807, 2.05) is 18.2 Å². The Morgan fingerprint density at radius 1 is 1.10 bits per heavy atom. The molecule has 2 nitrogen and oxygen atoms in total. The molecule has 2 aromatic carbocycles. The zero-order chi connectivity index (χ0) is 15.1. The van der Waals surface area contributed by atoms with E-state index in [-0.39, 0.29) is 11.3 Å². The van der Waals surface area contributed by atoms with E-state index in [4.69, 9.17) is 11.6 Å². The molecule has 1 N–H and O–H groups in total. The molecule has 21 heavy (non-hydrogen) atoms. The van der Waals surface area contributed by atoms with E-state index in [2.05, 4.69) is 38.2 Å². The molecule has 1 aliphatic heterocycles. The SMILES string of the molecule is Cc1cc(C)c(C(Cl)c2ccc3c(c2)CC(=O)N3)c(C)c1. The number of aryl methyl sites for hydroxylation is 3. The molecule has 108 valence electrons. The van der Waals surface area contributed by atoms with Crippen LogP contribution in [0.25, 0.3) is 0 Å². The van der Waals surface area contributed by atoms with Crippen LogP contribution in [-0.4, -0.2) is 5.91 Å². The molecule has 3 rings (SSSR count). The second-order valence-electron chi connectivity index (χ2n) is 5.82. The topological polar surface area (TPSA) is 29.1 Å². The van der Waals surface area contributed by atoms with Crippen molar-refractivity contribution < 1.29 is 4.79 Å². The summed E-state index contributed by atoms with van der Waals surface area (Å²) < 4.78 is 0. The molecule has 3 heteroatoms. The molecule has 1 amide bonds. The first-order chi connectivity index (χ1) is 9.95. The van der Waals surface area contributed by atoms with Gasteiger partial charge in [0.05, 0.1) is 11.8 Å². The molecule has 0 saturated heterocycles. The summed E-state index contributed by atoms with van der Waals surface area (Å²) in [4.78, 5) is 11.5. The van der Waals surface area contributed by atoms with Crippen LogP contribution in [0.4, 0.5) is 5.69 Å². The summed E-state index contributed by atoms with van der Waals surface area (Å²) >= 11 is 6.73. The molecule has 2 aromatic rings. The van der Waals surface area contributed by atoms with Gasteiger partial charge in [0.1, 0.15) is 0 Å². The van der Waals surface area contributed by atoms with Crippen LogP contribution in [-0.2, 0) is 11.2 Å². The fourth-order valence-corrected chi connectivity index (χ4v) is 3.64. The number of rotatable bonds is 2. The minimum Gasteiger partial charge on any atom is -0.326 e. The van der Waals surface area contributed by atoms with Crippen LogP contribution < -0.4 is 5.32 Å². The molecule has 0 bridgehead atoms. The van der Waals surface area contributed by atoms with Gasteiger partial charge in [-0.25, -0.2) is 0 Å². The summed E-state index contributed by atoms with van der Waals surface area (Å²) in [7, 11) is 0. The van der Waals surface area contributed by atoms with Gasteiger partial charge in [-0.05, 0) is 54.7 Å². The molecule has 0 fully saturated rings. The van der Waals surface area contributed by atoms with Crippen molar-refractivity contribution in [3.8, 4) is 0 Å². The quantitative estimate of drug-likeness (QED) is 0.816. The molecule has 0 spiro atoms. The molecule has 0 saturated carbocycles. The third kappa shape index (κ3) is 2.56. The molecule has 0 radical (unpaired) electrons. The molecule has 1 aliphatic rings. The maximum absolute atomic E-state index is 11.5. The van der Waals surface area contributed by atoms with Gasteiger partial charge >= 0.3 is 0 Å². The van der Waals surface area contributed by atoms with Crippen molar-refractivity contribution in [2.75, 3.05) is 5.32 Å². The monoisotopic (exact) mass is 299 g/mol. The second kappa shape index (κ2) is 5.19. The van der Waals surface area contributed by atoms with Crippen LogP contribution in [0.15, 0.2) is 30.3 Å². The number of benzene rings is 2. The maximum atomic E-state index is 11.5. The van der Waals surface area contributed by atoms with E-state index < -0.39 is 0 Å². The summed E-state index contributed by atoms with van der Waals surface area (Å²) in [5.41, 5.74) is 7.82. The molecular formula is C18H18ClNO. The second-order valence-corrected chi connectivity index (χ2v) is 6.25. The Bertz CT molecular complexity index is 713. The number of nitrogens with one attached hydrogen (secondary N) is 1. The lowest BCUT2D eigenvalue weighted by molar-refractivity contribution is -0.115. The van der Waals surface area contributed by atoms with Crippen molar-refractivity contribution in [2.24, 2.45) is 0 Å². The first-order valence-electron chi connectivity index (χ1n) is 7.10. The first kappa shape index (κ1) is 14.2. The molecule has 1 heterocycles. The lowest BCUT2D eigenvalue weighted by atomic mass is 9.93. The Morgan fingerprint density at radius 3 is 2.43 bits per heavy atom. The van der Waals surface area contributed by atoms with Crippen LogP contribution in [0.2, 0.25) is 0 Å². The van der Waals surface area contributed by atoms with Gasteiger partial charge in [0, 0.05) is 5.69 Å². The number of carbonyl (C=O) groups excluding carboxylic acids is 1. The molecule has 1 unspecified atom stereocenters. The van der Waals surface area contributed by atoms with Crippen molar-refractivity contribution in [3.63, 3.8) is 0 Å². The normalized spacial score (nSPS) is 14.8. The Morgan fingerprint density at radius 2 is 1.76 bits per heavy atom. The number of carbonyl (C=O) groups is 1. The highest BCUT2D eigenvalue weighted by atomic mass is 35.5. The predicted molar refractivity (Wildman–Crippen MR) is 87.1 cm³/mol. The average Bonchev–Trinajstić information content (AvgIpc) is 2.76. The Hall–Kier alpha value is -1.80. The largest absolute Gasteiger partial charge is 0.326 e. The minimum atomic E-state index is -0.188. The van der Waals surface area contributed by atoms with E-state index in [1.165, 1.54) is 22.3 Å². The fourth-order valence-electron chi connectivity index (χ4n) is 3.16. The minimum absolute atomic E-state index is 0.0518. The van der Waals surface area contributed by atoms with Gasteiger partial charge in [-0.3, -0.25) is 4.79 Å². The van der Waals surface area contributed by atoms with E-state index in [1.54, 1.807) is 0 Å². The summed E-state index contributed by atoms with van der Waals surface area (Å²) in [5.74, 6) is 0.0518. The van der Waals surface area contributed by atoms with Crippen LogP contribution in [0.3, 0.4) is 0 Å². The predicted octanol–water partition coefficient (Wildman–Crippen LogP) is 4.43. The Kier molecular flexibility index (Phi) is 3.50. The van der Waals surface area contributed by atoms with E-state index >= 15 is 0 Å². The molecule has 1 atom stereocenters. The average molecular weight is 300 g/mol. The number of alkyl halides is 1. The molecule has 0 aliphatic carbocycles. The van der Waals surface area contributed by atoms with E-state index in [9.17, 15) is 4.79 Å². The maximum Gasteiger partial charge on any atom is 0.228 e. The third-order valence-electron chi connectivity index (χ3n) is 4.04. The number of fused-ring (bicyclic) bond motifs is 1. The van der Waals surface area contributed by atoms with Crippen LogP contribution in [0.5, 0.6) is 0 Å². The Balaban J connectivity index is 2.02. The highest BCUT2D eigenvalue weighted by molar-refractivity contribution is 6.23. The summed E-state index contributed by atoms with van der Waals surface area (Å²) in [6.07, 6.45) is 0.443. The van der Waals surface area contributed by atoms with Crippen LogP contribution in [0, 0.1) is 20.8 Å². The van der Waals surface area contributed by atoms with Crippen molar-refractivity contribution in [1.82, 2.24) is 0 Å². The fraction of sp³-hybridized carbons (Fsp3) is 0.278. The Labute approximate surface area is 130 Å². The van der Waals surface area contributed by atoms with E-state index in [0.717, 1.165) is 16.8 Å². The summed E-state index contributed by atoms with van der Waals surface area (Å²) in [6.45, 7) is 6.30. The highest BCUT2D eigenvalue weighted by Crippen LogP contribution is 2.36. The number of anilines is 1. The zero-order valence-corrected chi connectivity index (χ0v) is 13.2. The zero-order valence-electron chi connectivity index (χ0n) is 12.5. The van der Waals surface area contributed by atoms with Gasteiger partial charge in [0.2, 0.25) is 5.91 Å². The summed E-state index contributed by atoms with van der Waals surface area (Å²) in [6, 6.07) is 10.3. The van der Waals surface area contributed by atoms with Crippen LogP contribution >= 0.6 is 11.6 Å².